The van der Waals surface area contributed by atoms with Crippen LogP contribution in [0.5, 0.6) is 0 Å². The molecule has 0 bridgehead atoms. The first-order valence-corrected chi connectivity index (χ1v) is 11.4. The molecule has 0 radical (unpaired) electrons. The van der Waals surface area contributed by atoms with Crippen molar-refractivity contribution in [3.8, 4) is 0 Å². The van der Waals surface area contributed by atoms with Crippen LogP contribution >= 0.6 is 0 Å². The minimum absolute atomic E-state index is 0.177. The summed E-state index contributed by atoms with van der Waals surface area (Å²) in [5.41, 5.74) is 3.68. The molecule has 4 rings (SSSR count). The number of nitrogens with zero attached hydrogens (tertiary/aromatic N) is 2. The lowest BCUT2D eigenvalue weighted by molar-refractivity contribution is 0.102. The van der Waals surface area contributed by atoms with E-state index in [-0.39, 0.29) is 11.7 Å². The Balaban J connectivity index is 1.58. The molecule has 1 amide bonds. The molecule has 1 N–H and O–H groups in total. The third-order valence-electron chi connectivity index (χ3n) is 5.49. The number of benzene rings is 2. The minimum Gasteiger partial charge on any atom is -0.350 e. The van der Waals surface area contributed by atoms with Crippen molar-refractivity contribution in [2.75, 3.05) is 21.9 Å². The van der Waals surface area contributed by atoms with Crippen LogP contribution in [0.2, 0.25) is 0 Å². The number of fused-ring (bicyclic) bond motifs is 1. The topological polar surface area (TPSA) is 71.4 Å². The molecular formula is C22H25N3O3S. The highest BCUT2D eigenvalue weighted by atomic mass is 32.2. The summed E-state index contributed by atoms with van der Waals surface area (Å²) >= 11 is 0. The fourth-order valence-electron chi connectivity index (χ4n) is 3.85. The second-order valence-corrected chi connectivity index (χ2v) is 9.62. The van der Waals surface area contributed by atoms with Crippen molar-refractivity contribution >= 4 is 38.2 Å². The zero-order valence-electron chi connectivity index (χ0n) is 16.7. The van der Waals surface area contributed by atoms with E-state index in [1.54, 1.807) is 18.2 Å². The largest absolute Gasteiger partial charge is 0.350 e. The predicted octanol–water partition coefficient (Wildman–Crippen LogP) is 4.06. The first-order chi connectivity index (χ1) is 13.8. The van der Waals surface area contributed by atoms with Gasteiger partial charge >= 0.3 is 0 Å². The number of hydrogen-bond acceptors (Lipinski definition) is 3. The third-order valence-corrected chi connectivity index (χ3v) is 7.36. The van der Waals surface area contributed by atoms with Crippen LogP contribution in [-0.2, 0) is 17.1 Å². The maximum atomic E-state index is 12.8. The van der Waals surface area contributed by atoms with Crippen molar-refractivity contribution in [1.82, 2.24) is 4.57 Å². The second-order valence-electron chi connectivity index (χ2n) is 7.60. The molecule has 0 aliphatic carbocycles. The van der Waals surface area contributed by atoms with Crippen molar-refractivity contribution in [3.63, 3.8) is 0 Å². The Morgan fingerprint density at radius 1 is 1.03 bits per heavy atom. The van der Waals surface area contributed by atoms with E-state index in [0.29, 0.717) is 24.2 Å². The number of carbonyl (C=O) groups excluding carboxylic acids is 1. The van der Waals surface area contributed by atoms with Crippen molar-refractivity contribution in [2.24, 2.45) is 7.05 Å². The molecule has 0 atom stereocenters. The average Bonchev–Trinajstić information content (AvgIpc) is 2.94. The molecule has 3 aromatic rings. The van der Waals surface area contributed by atoms with Crippen LogP contribution in [0.15, 0.2) is 48.7 Å². The maximum Gasteiger partial charge on any atom is 0.255 e. The van der Waals surface area contributed by atoms with Crippen molar-refractivity contribution in [1.29, 1.82) is 0 Å². The number of amides is 1. The van der Waals surface area contributed by atoms with Crippen molar-refractivity contribution < 1.29 is 13.2 Å². The molecule has 0 spiro atoms. The number of hydrogen-bond donors (Lipinski definition) is 1. The van der Waals surface area contributed by atoms with E-state index in [1.165, 1.54) is 4.31 Å². The Hall–Kier alpha value is -2.80. The van der Waals surface area contributed by atoms with Gasteiger partial charge in [-0.05, 0) is 67.1 Å². The third kappa shape index (κ3) is 3.87. The van der Waals surface area contributed by atoms with Crippen molar-refractivity contribution in [3.05, 3.63) is 59.8 Å². The van der Waals surface area contributed by atoms with E-state index in [0.717, 1.165) is 35.0 Å². The van der Waals surface area contributed by atoms with Gasteiger partial charge in [-0.1, -0.05) is 12.5 Å². The van der Waals surface area contributed by atoms with E-state index >= 15 is 0 Å². The molecular weight excluding hydrogens is 386 g/mol. The smallest absolute Gasteiger partial charge is 0.255 e. The van der Waals surface area contributed by atoms with Gasteiger partial charge in [0.2, 0.25) is 10.0 Å². The van der Waals surface area contributed by atoms with Crippen LogP contribution in [0, 0.1) is 6.92 Å². The summed E-state index contributed by atoms with van der Waals surface area (Å²) < 4.78 is 28.6. The molecule has 2 aromatic carbocycles. The Morgan fingerprint density at radius 3 is 2.66 bits per heavy atom. The Labute approximate surface area is 171 Å². The van der Waals surface area contributed by atoms with Crippen LogP contribution in [0.1, 0.15) is 35.2 Å². The van der Waals surface area contributed by atoms with Gasteiger partial charge in [0.25, 0.3) is 5.91 Å². The lowest BCUT2D eigenvalue weighted by Crippen LogP contribution is -2.32. The van der Waals surface area contributed by atoms with Crippen LogP contribution < -0.4 is 9.62 Å². The molecule has 0 unspecified atom stereocenters. The zero-order chi connectivity index (χ0) is 20.6. The summed E-state index contributed by atoms with van der Waals surface area (Å²) in [6, 6.07) is 13.1. The highest BCUT2D eigenvalue weighted by molar-refractivity contribution is 7.92. The number of aryl methyl sites for hydroxylation is 2. The minimum atomic E-state index is -3.30. The van der Waals surface area contributed by atoms with E-state index < -0.39 is 10.0 Å². The van der Waals surface area contributed by atoms with E-state index in [1.807, 2.05) is 49.0 Å². The molecule has 7 heteroatoms. The van der Waals surface area contributed by atoms with Gasteiger partial charge in [-0.25, -0.2) is 8.42 Å². The van der Waals surface area contributed by atoms with Gasteiger partial charge in [-0.15, -0.1) is 0 Å². The molecule has 1 fully saturated rings. The first kappa shape index (κ1) is 19.5. The van der Waals surface area contributed by atoms with E-state index in [4.69, 9.17) is 0 Å². The lowest BCUT2D eigenvalue weighted by Gasteiger charge is -2.23. The fraction of sp³-hybridized carbons (Fsp3) is 0.318. The molecule has 1 saturated heterocycles. The van der Waals surface area contributed by atoms with Crippen molar-refractivity contribution in [2.45, 2.75) is 26.2 Å². The van der Waals surface area contributed by atoms with Crippen LogP contribution in [-0.4, -0.2) is 31.2 Å². The highest BCUT2D eigenvalue weighted by Gasteiger charge is 2.25. The monoisotopic (exact) mass is 411 g/mol. The number of anilines is 2. The van der Waals surface area contributed by atoms with Gasteiger partial charge in [0, 0.05) is 36.6 Å². The quantitative estimate of drug-likeness (QED) is 0.706. The molecule has 1 aromatic heterocycles. The van der Waals surface area contributed by atoms with Gasteiger partial charge in [-0.3, -0.25) is 9.10 Å². The van der Waals surface area contributed by atoms with Gasteiger partial charge in [-0.2, -0.15) is 0 Å². The molecule has 2 heterocycles. The number of sulfonamides is 1. The zero-order valence-corrected chi connectivity index (χ0v) is 17.5. The lowest BCUT2D eigenvalue weighted by atomic mass is 10.1. The number of aromatic nitrogens is 1. The molecule has 6 nitrogen and oxygen atoms in total. The Morgan fingerprint density at radius 2 is 1.86 bits per heavy atom. The summed E-state index contributed by atoms with van der Waals surface area (Å²) in [4.78, 5) is 12.8. The summed E-state index contributed by atoms with van der Waals surface area (Å²) in [6.07, 6.45) is 4.45. The summed E-state index contributed by atoms with van der Waals surface area (Å²) in [5.74, 6) is -0.0306. The maximum absolute atomic E-state index is 12.8. The van der Waals surface area contributed by atoms with Gasteiger partial charge < -0.3 is 9.88 Å². The Kier molecular flexibility index (Phi) is 5.08. The Bertz CT molecular complexity index is 1180. The SMILES string of the molecule is Cc1cc(N2CCCCCS2(=O)=O)ccc1C(=O)Nc1ccc2ccn(C)c2c1. The first-order valence-electron chi connectivity index (χ1n) is 9.83. The van der Waals surface area contributed by atoms with Gasteiger partial charge in [0.05, 0.1) is 11.4 Å². The van der Waals surface area contributed by atoms with Crippen LogP contribution in [0.4, 0.5) is 11.4 Å². The average molecular weight is 412 g/mol. The molecule has 1 aliphatic rings. The number of nitrogens with one attached hydrogen (secondary N) is 1. The number of rotatable bonds is 3. The van der Waals surface area contributed by atoms with Gasteiger partial charge in [0.15, 0.2) is 0 Å². The highest BCUT2D eigenvalue weighted by Crippen LogP contribution is 2.26. The molecule has 0 saturated carbocycles. The summed E-state index contributed by atoms with van der Waals surface area (Å²) in [7, 11) is -1.33. The predicted molar refractivity (Wildman–Crippen MR) is 117 cm³/mol. The van der Waals surface area contributed by atoms with E-state index in [9.17, 15) is 13.2 Å². The molecule has 29 heavy (non-hydrogen) atoms. The standard InChI is InChI=1S/C22H25N3O3S/c1-16-14-19(25-11-4-3-5-13-29(25,27)28)8-9-20(16)22(26)23-18-7-6-17-10-12-24(2)21(17)15-18/h6-10,12,14-15H,3-5,11,13H2,1-2H3,(H,23,26). The van der Waals surface area contributed by atoms with Crippen LogP contribution in [0.3, 0.4) is 0 Å². The summed E-state index contributed by atoms with van der Waals surface area (Å²) in [6.45, 7) is 2.33. The number of carbonyl (C=O) groups is 1. The molecule has 1 aliphatic heterocycles. The fourth-order valence-corrected chi connectivity index (χ4v) is 5.48. The van der Waals surface area contributed by atoms with Gasteiger partial charge in [0.1, 0.15) is 0 Å². The normalized spacial score (nSPS) is 16.6. The summed E-state index contributed by atoms with van der Waals surface area (Å²) in [5, 5.41) is 4.06. The van der Waals surface area contributed by atoms with Crippen LogP contribution in [0.25, 0.3) is 10.9 Å². The van der Waals surface area contributed by atoms with E-state index in [2.05, 4.69) is 5.32 Å². The molecule has 152 valence electrons. The second kappa shape index (κ2) is 7.55.